The summed E-state index contributed by atoms with van der Waals surface area (Å²) >= 11 is 12.2. The normalized spacial score (nSPS) is 23.0. The predicted octanol–water partition coefficient (Wildman–Crippen LogP) is 6.32. The van der Waals surface area contributed by atoms with E-state index < -0.39 is 47.1 Å². The Balaban J connectivity index is 1.85. The molecule has 1 aliphatic heterocycles. The summed E-state index contributed by atoms with van der Waals surface area (Å²) in [7, 11) is 0. The van der Waals surface area contributed by atoms with Gasteiger partial charge in [0.2, 0.25) is 5.91 Å². The first-order valence-corrected chi connectivity index (χ1v) is 13.1. The van der Waals surface area contributed by atoms with E-state index in [9.17, 15) is 19.1 Å². The van der Waals surface area contributed by atoms with Crippen LogP contribution in [0, 0.1) is 17.0 Å². The van der Waals surface area contributed by atoms with Gasteiger partial charge in [-0.3, -0.25) is 4.79 Å². The molecule has 0 bridgehead atoms. The van der Waals surface area contributed by atoms with Crippen molar-refractivity contribution in [1.29, 1.82) is 0 Å². The lowest BCUT2D eigenvalue weighted by molar-refractivity contribution is -0.118. The minimum atomic E-state index is -1.47. The van der Waals surface area contributed by atoms with Crippen molar-refractivity contribution in [3.8, 4) is 0 Å². The van der Waals surface area contributed by atoms with Gasteiger partial charge in [0.05, 0.1) is 22.2 Å². The lowest BCUT2D eigenvalue weighted by Crippen LogP contribution is -2.52. The molecule has 0 radical (unpaired) electrons. The fraction of sp³-hybridized carbons (Fsp3) is 0.310. The van der Waals surface area contributed by atoms with Crippen molar-refractivity contribution in [1.82, 2.24) is 5.32 Å². The van der Waals surface area contributed by atoms with E-state index in [0.717, 1.165) is 0 Å². The topological polar surface area (TPSA) is 104 Å². The molecule has 3 aromatic carbocycles. The molecule has 0 spiro atoms. The molecule has 4 rings (SSSR count). The van der Waals surface area contributed by atoms with Gasteiger partial charge in [-0.2, -0.15) is 0 Å². The van der Waals surface area contributed by atoms with Crippen LogP contribution >= 0.6 is 23.2 Å². The Morgan fingerprint density at radius 3 is 2.26 bits per heavy atom. The first-order valence-electron chi connectivity index (χ1n) is 12.3. The lowest BCUT2D eigenvalue weighted by Gasteiger charge is -2.39. The molecule has 0 aliphatic carbocycles. The van der Waals surface area contributed by atoms with Gasteiger partial charge in [-0.25, -0.2) is 13.6 Å². The van der Waals surface area contributed by atoms with Gasteiger partial charge in [0, 0.05) is 28.2 Å². The van der Waals surface area contributed by atoms with Crippen molar-refractivity contribution in [2.24, 2.45) is 11.1 Å². The van der Waals surface area contributed by atoms with Crippen molar-refractivity contribution < 1.29 is 23.5 Å². The molecule has 1 saturated heterocycles. The first kappa shape index (κ1) is 29.0. The molecule has 1 amide bonds. The van der Waals surface area contributed by atoms with Gasteiger partial charge < -0.3 is 21.5 Å². The number of rotatable bonds is 6. The summed E-state index contributed by atoms with van der Waals surface area (Å²) in [5.74, 6) is -3.73. The summed E-state index contributed by atoms with van der Waals surface area (Å²) in [4.78, 5) is 25.0. The third kappa shape index (κ3) is 5.94. The van der Waals surface area contributed by atoms with E-state index in [2.05, 4.69) is 10.6 Å². The first-order chi connectivity index (χ1) is 18.2. The second-order valence-electron chi connectivity index (χ2n) is 11.0. The summed E-state index contributed by atoms with van der Waals surface area (Å²) in [5, 5.41) is 15.4. The summed E-state index contributed by atoms with van der Waals surface area (Å²) in [5.41, 5.74) is 6.48. The minimum absolute atomic E-state index is 0.0650. The molecule has 10 heteroatoms. The molecule has 4 unspecified atom stereocenters. The maximum Gasteiger partial charge on any atom is 0.335 e. The predicted molar refractivity (Wildman–Crippen MR) is 148 cm³/mol. The third-order valence-electron chi connectivity index (χ3n) is 7.00. The number of benzene rings is 3. The van der Waals surface area contributed by atoms with E-state index >= 15 is 4.39 Å². The molecule has 206 valence electrons. The number of nitrogens with two attached hydrogens (primary N) is 1. The Kier molecular flexibility index (Phi) is 8.06. The molecule has 39 heavy (non-hydrogen) atoms. The summed E-state index contributed by atoms with van der Waals surface area (Å²) in [6.07, 6.45) is 0.466. The Morgan fingerprint density at radius 2 is 1.69 bits per heavy atom. The van der Waals surface area contributed by atoms with Crippen molar-refractivity contribution in [2.75, 3.05) is 5.32 Å². The molecule has 0 saturated carbocycles. The van der Waals surface area contributed by atoms with E-state index in [4.69, 9.17) is 28.9 Å². The Labute approximate surface area is 235 Å². The Morgan fingerprint density at radius 1 is 1.03 bits per heavy atom. The molecule has 1 aliphatic rings. The van der Waals surface area contributed by atoms with Gasteiger partial charge in [0.25, 0.3) is 0 Å². The number of carboxylic acids is 1. The van der Waals surface area contributed by atoms with Gasteiger partial charge in [-0.15, -0.1) is 0 Å². The molecule has 5 N–H and O–H groups in total. The number of hydrogen-bond donors (Lipinski definition) is 4. The number of halogens is 4. The van der Waals surface area contributed by atoms with Gasteiger partial charge >= 0.3 is 5.97 Å². The van der Waals surface area contributed by atoms with Crippen molar-refractivity contribution >= 4 is 40.8 Å². The van der Waals surface area contributed by atoms with Crippen LogP contribution < -0.4 is 16.4 Å². The third-order valence-corrected chi connectivity index (χ3v) is 7.53. The second-order valence-corrected chi connectivity index (χ2v) is 11.9. The summed E-state index contributed by atoms with van der Waals surface area (Å²) in [6.45, 7) is 6.03. The minimum Gasteiger partial charge on any atom is -0.478 e. The largest absolute Gasteiger partial charge is 0.478 e. The molecular weight excluding hydrogens is 547 g/mol. The number of carboxylic acid groups (broad SMARTS) is 1. The molecule has 0 aromatic heterocycles. The van der Waals surface area contributed by atoms with Gasteiger partial charge in [0.15, 0.2) is 0 Å². The Hall–Kier alpha value is -3.04. The summed E-state index contributed by atoms with van der Waals surface area (Å²) in [6, 6.07) is 12.4. The molecule has 4 atom stereocenters. The van der Waals surface area contributed by atoms with E-state index in [1.165, 1.54) is 60.7 Å². The van der Waals surface area contributed by atoms with E-state index in [1.807, 2.05) is 20.8 Å². The van der Waals surface area contributed by atoms with Gasteiger partial charge in [-0.1, -0.05) is 56.1 Å². The highest BCUT2D eigenvalue weighted by molar-refractivity contribution is 6.31. The summed E-state index contributed by atoms with van der Waals surface area (Å²) < 4.78 is 29.7. The zero-order valence-corrected chi connectivity index (χ0v) is 23.1. The second kappa shape index (κ2) is 10.8. The zero-order chi connectivity index (χ0) is 28.7. The van der Waals surface area contributed by atoms with E-state index in [0.29, 0.717) is 17.7 Å². The molecule has 6 nitrogen and oxygen atoms in total. The zero-order valence-electron chi connectivity index (χ0n) is 21.6. The molecule has 1 heterocycles. The number of hydrogen-bond acceptors (Lipinski definition) is 4. The van der Waals surface area contributed by atoms with E-state index in [1.54, 1.807) is 0 Å². The highest BCUT2D eigenvalue weighted by Crippen LogP contribution is 2.49. The van der Waals surface area contributed by atoms with E-state index in [-0.39, 0.29) is 26.6 Å². The fourth-order valence-electron chi connectivity index (χ4n) is 5.30. The van der Waals surface area contributed by atoms with Crippen LogP contribution in [0.1, 0.15) is 54.6 Å². The quantitative estimate of drug-likeness (QED) is 0.275. The average Bonchev–Trinajstić information content (AvgIpc) is 3.12. The van der Waals surface area contributed by atoms with Crippen LogP contribution in [-0.2, 0) is 10.3 Å². The highest BCUT2D eigenvalue weighted by Gasteiger charge is 2.57. The number of aromatic carboxylic acids is 1. The number of carbonyl (C=O) groups excluding carboxylic acids is 1. The maximum absolute atomic E-state index is 15.5. The number of amides is 1. The van der Waals surface area contributed by atoms with Crippen LogP contribution in [0.4, 0.5) is 14.5 Å². The molecular formula is C29H29Cl2F2N3O3. The SMILES string of the molecule is CC(C)(C)CC1NC(C(=O)Nc2ccc(C(=O)O)cc2)C(c2ccc(F)c(Cl)c2)C1(N)c1ccc(Cl)cc1F. The average molecular weight is 576 g/mol. The van der Waals surface area contributed by atoms with Crippen molar-refractivity contribution in [3.63, 3.8) is 0 Å². The lowest BCUT2D eigenvalue weighted by atomic mass is 9.68. The number of anilines is 1. The van der Waals surface area contributed by atoms with Crippen molar-refractivity contribution in [3.05, 3.63) is 99.0 Å². The molecule has 1 fully saturated rings. The van der Waals surface area contributed by atoms with Crippen LogP contribution in [-0.4, -0.2) is 29.1 Å². The van der Waals surface area contributed by atoms with Gasteiger partial charge in [0.1, 0.15) is 11.6 Å². The van der Waals surface area contributed by atoms with Crippen LogP contribution in [0.3, 0.4) is 0 Å². The highest BCUT2D eigenvalue weighted by atomic mass is 35.5. The fourth-order valence-corrected chi connectivity index (χ4v) is 5.64. The standard InChI is InChI=1S/C29H29Cl2F2N3O3/c1-28(2,3)14-23-29(34,19-10-7-17(30)13-22(19)33)24(16-6-11-21(32)20(31)12-16)25(36-23)26(37)35-18-8-4-15(5-9-18)27(38)39/h4-13,23-25,36H,14,34H2,1-3H3,(H,35,37)(H,38,39). The maximum atomic E-state index is 15.5. The molecule has 3 aromatic rings. The Bertz CT molecular complexity index is 1410. The van der Waals surface area contributed by atoms with Crippen LogP contribution in [0.15, 0.2) is 60.7 Å². The van der Waals surface area contributed by atoms with Gasteiger partial charge in [-0.05, 0) is 65.9 Å². The van der Waals surface area contributed by atoms with Crippen LogP contribution in [0.25, 0.3) is 0 Å². The van der Waals surface area contributed by atoms with Crippen LogP contribution in [0.2, 0.25) is 10.0 Å². The number of carbonyl (C=O) groups is 2. The van der Waals surface area contributed by atoms with Crippen LogP contribution in [0.5, 0.6) is 0 Å². The smallest absolute Gasteiger partial charge is 0.335 e. The monoisotopic (exact) mass is 575 g/mol. The van der Waals surface area contributed by atoms with Crippen molar-refractivity contribution in [2.45, 2.75) is 50.7 Å². The number of nitrogens with one attached hydrogen (secondary N) is 2.